The molecular weight excluding hydrogens is 592 g/mol. The first-order valence-corrected chi connectivity index (χ1v) is 17.9. The lowest BCUT2D eigenvalue weighted by molar-refractivity contribution is -0.121. The smallest absolute Gasteiger partial charge is 0.174 e. The highest BCUT2D eigenvalue weighted by Crippen LogP contribution is 2.46. The molecule has 0 fully saturated rings. The van der Waals surface area contributed by atoms with Gasteiger partial charge in [-0.3, -0.25) is 9.59 Å². The standard InChI is InChI=1S/C42H50N4O2/c1-9-13-15-27-17-21-33-31(23-27)43-37-35(45(33)11-3)25-29(39(47)41(37,5)6)19-20-30-26-36-38(42(7,8)40(30)48)44-32-24-28(16-14-10-2)18-22-34(32)46(36)12-4/h17-26H,9-16H2,1-8H3/b29-19-,30-20+. The van der Waals surface area contributed by atoms with Gasteiger partial charge in [0.05, 0.1) is 56.4 Å². The summed E-state index contributed by atoms with van der Waals surface area (Å²) in [7, 11) is 0. The second-order valence-corrected chi connectivity index (χ2v) is 14.5. The number of anilines is 2. The first kappa shape index (κ1) is 33.6. The molecule has 250 valence electrons. The zero-order valence-corrected chi connectivity index (χ0v) is 30.0. The van der Waals surface area contributed by atoms with Crippen molar-refractivity contribution in [3.63, 3.8) is 0 Å². The molecule has 0 amide bonds. The fraction of sp³-hybridized carbons (Fsp3) is 0.429. The van der Waals surface area contributed by atoms with Crippen molar-refractivity contribution in [3.8, 4) is 0 Å². The largest absolute Gasteiger partial charge is 0.338 e. The Morgan fingerprint density at radius 1 is 0.625 bits per heavy atom. The van der Waals surface area contributed by atoms with Gasteiger partial charge in [-0.25, -0.2) is 9.98 Å². The molecule has 2 heterocycles. The number of benzene rings is 2. The Kier molecular flexibility index (Phi) is 9.06. The second-order valence-electron chi connectivity index (χ2n) is 14.5. The SMILES string of the molecule is CCCCc1ccc2c(c1)N=C1C(=C/C(=C/C=C3\C=C4C(=Nc5cc(CCCC)ccc5N4CC)C(C)(C)C3=O)C(=O)C1(C)C)N2CC. The molecule has 4 aliphatic rings. The van der Waals surface area contributed by atoms with Gasteiger partial charge in [-0.1, -0.05) is 51.0 Å². The average molecular weight is 643 g/mol. The summed E-state index contributed by atoms with van der Waals surface area (Å²) >= 11 is 0. The highest BCUT2D eigenvalue weighted by Gasteiger charge is 2.45. The predicted molar refractivity (Wildman–Crippen MR) is 200 cm³/mol. The van der Waals surface area contributed by atoms with E-state index in [0.717, 1.165) is 97.2 Å². The number of ketones is 2. The molecule has 0 atom stereocenters. The summed E-state index contributed by atoms with van der Waals surface area (Å²) in [6, 6.07) is 13.1. The number of hydrogen-bond acceptors (Lipinski definition) is 6. The lowest BCUT2D eigenvalue weighted by atomic mass is 9.72. The number of fused-ring (bicyclic) bond motifs is 4. The minimum Gasteiger partial charge on any atom is -0.338 e. The van der Waals surface area contributed by atoms with Crippen LogP contribution in [0, 0.1) is 10.8 Å². The van der Waals surface area contributed by atoms with Gasteiger partial charge in [0.2, 0.25) is 0 Å². The number of rotatable bonds is 9. The van der Waals surface area contributed by atoms with Gasteiger partial charge < -0.3 is 9.80 Å². The fourth-order valence-corrected chi connectivity index (χ4v) is 7.40. The molecule has 0 saturated heterocycles. The monoisotopic (exact) mass is 642 g/mol. The van der Waals surface area contributed by atoms with E-state index < -0.39 is 10.8 Å². The number of Topliss-reactive ketones (excluding diaryl/α,β-unsaturated/α-hetero) is 2. The van der Waals surface area contributed by atoms with E-state index in [9.17, 15) is 9.59 Å². The lowest BCUT2D eigenvalue weighted by Gasteiger charge is -2.41. The molecule has 0 radical (unpaired) electrons. The van der Waals surface area contributed by atoms with Crippen molar-refractivity contribution in [2.45, 2.75) is 93.9 Å². The van der Waals surface area contributed by atoms with Crippen molar-refractivity contribution >= 4 is 45.7 Å². The minimum atomic E-state index is -0.824. The number of nitrogens with zero attached hydrogens (tertiary/aromatic N) is 4. The van der Waals surface area contributed by atoms with Crippen LogP contribution in [0.1, 0.15) is 92.2 Å². The van der Waals surface area contributed by atoms with E-state index in [-0.39, 0.29) is 11.6 Å². The maximum atomic E-state index is 14.1. The van der Waals surface area contributed by atoms with E-state index in [0.29, 0.717) is 11.1 Å². The molecule has 2 aromatic carbocycles. The zero-order chi connectivity index (χ0) is 34.4. The van der Waals surface area contributed by atoms with Crippen LogP contribution in [-0.2, 0) is 22.4 Å². The van der Waals surface area contributed by atoms with Gasteiger partial charge in [0.25, 0.3) is 0 Å². The van der Waals surface area contributed by atoms with Crippen molar-refractivity contribution in [2.75, 3.05) is 22.9 Å². The average Bonchev–Trinajstić information content (AvgIpc) is 3.07. The Balaban J connectivity index is 1.41. The van der Waals surface area contributed by atoms with Crippen molar-refractivity contribution < 1.29 is 9.59 Å². The van der Waals surface area contributed by atoms with Crippen LogP contribution in [0.3, 0.4) is 0 Å². The molecule has 6 rings (SSSR count). The second kappa shape index (κ2) is 12.9. The maximum absolute atomic E-state index is 14.1. The van der Waals surface area contributed by atoms with Gasteiger partial charge in [-0.2, -0.15) is 0 Å². The molecule has 0 aromatic heterocycles. The van der Waals surface area contributed by atoms with E-state index in [1.807, 2.05) is 52.0 Å². The van der Waals surface area contributed by atoms with Crippen molar-refractivity contribution in [2.24, 2.45) is 20.8 Å². The molecule has 0 N–H and O–H groups in total. The molecule has 0 saturated carbocycles. The molecule has 2 aliphatic carbocycles. The highest BCUT2D eigenvalue weighted by atomic mass is 16.1. The summed E-state index contributed by atoms with van der Waals surface area (Å²) < 4.78 is 0. The van der Waals surface area contributed by atoms with Crippen LogP contribution in [0.25, 0.3) is 0 Å². The van der Waals surface area contributed by atoms with E-state index in [1.165, 1.54) is 11.1 Å². The van der Waals surface area contributed by atoms with E-state index in [4.69, 9.17) is 9.98 Å². The molecule has 0 bridgehead atoms. The highest BCUT2D eigenvalue weighted by molar-refractivity contribution is 6.29. The lowest BCUT2D eigenvalue weighted by Crippen LogP contribution is -2.45. The summed E-state index contributed by atoms with van der Waals surface area (Å²) in [5, 5.41) is 0. The van der Waals surface area contributed by atoms with Gasteiger partial charge in [0, 0.05) is 24.2 Å². The molecule has 6 nitrogen and oxygen atoms in total. The number of carbonyl (C=O) groups is 2. The third kappa shape index (κ3) is 5.63. The van der Waals surface area contributed by atoms with Crippen LogP contribution < -0.4 is 9.80 Å². The van der Waals surface area contributed by atoms with Crippen LogP contribution in [0.5, 0.6) is 0 Å². The molecular formula is C42H50N4O2. The van der Waals surface area contributed by atoms with Gasteiger partial charge in [0.1, 0.15) is 0 Å². The summed E-state index contributed by atoms with van der Waals surface area (Å²) in [6.45, 7) is 18.0. The maximum Gasteiger partial charge on any atom is 0.174 e. The summed E-state index contributed by atoms with van der Waals surface area (Å²) in [5.41, 5.74) is 9.53. The third-order valence-corrected chi connectivity index (χ3v) is 10.3. The summed E-state index contributed by atoms with van der Waals surface area (Å²) in [4.78, 5) is 42.9. The Labute approximate surface area is 286 Å². The molecule has 0 unspecified atom stereocenters. The topological polar surface area (TPSA) is 65.3 Å². The number of carbonyl (C=O) groups excluding carboxylic acids is 2. The molecule has 2 aliphatic heterocycles. The number of aliphatic imine (C=N–C) groups is 2. The fourth-order valence-electron chi connectivity index (χ4n) is 7.40. The predicted octanol–water partition coefficient (Wildman–Crippen LogP) is 9.74. The van der Waals surface area contributed by atoms with Gasteiger partial charge >= 0.3 is 0 Å². The van der Waals surface area contributed by atoms with Gasteiger partial charge in [-0.05, 0) is 115 Å². The van der Waals surface area contributed by atoms with Crippen molar-refractivity contribution in [3.05, 3.63) is 94.4 Å². The molecule has 0 spiro atoms. The molecule has 6 heteroatoms. The number of allylic oxidation sites excluding steroid dienone is 8. The quantitative estimate of drug-likeness (QED) is 0.256. The summed E-state index contributed by atoms with van der Waals surface area (Å²) in [6.07, 6.45) is 14.2. The van der Waals surface area contributed by atoms with Gasteiger partial charge in [0.15, 0.2) is 11.6 Å². The first-order chi connectivity index (χ1) is 23.0. The van der Waals surface area contributed by atoms with Crippen LogP contribution in [0.2, 0.25) is 0 Å². The van der Waals surface area contributed by atoms with Crippen LogP contribution in [-0.4, -0.2) is 36.1 Å². The number of aryl methyl sites for hydroxylation is 2. The Morgan fingerprint density at radius 3 is 1.38 bits per heavy atom. The Hall–Kier alpha value is -4.32. The minimum absolute atomic E-state index is 0.00145. The zero-order valence-electron chi connectivity index (χ0n) is 30.0. The van der Waals surface area contributed by atoms with Gasteiger partial charge in [-0.15, -0.1) is 0 Å². The normalized spacial score (nSPS) is 20.8. The summed E-state index contributed by atoms with van der Waals surface area (Å²) in [5.74, 6) is 0.00291. The van der Waals surface area contributed by atoms with E-state index in [2.05, 4.69) is 73.9 Å². The Morgan fingerprint density at radius 2 is 1.02 bits per heavy atom. The van der Waals surface area contributed by atoms with Crippen LogP contribution in [0.15, 0.2) is 93.2 Å². The van der Waals surface area contributed by atoms with E-state index in [1.54, 1.807) is 0 Å². The number of unbranched alkanes of at least 4 members (excludes halogenated alkanes) is 2. The molecule has 2 aromatic rings. The van der Waals surface area contributed by atoms with Crippen molar-refractivity contribution in [1.29, 1.82) is 0 Å². The van der Waals surface area contributed by atoms with Crippen molar-refractivity contribution in [1.82, 2.24) is 0 Å². The van der Waals surface area contributed by atoms with Crippen LogP contribution in [0.4, 0.5) is 22.7 Å². The van der Waals surface area contributed by atoms with E-state index >= 15 is 0 Å². The Bertz CT molecular complexity index is 1730. The number of hydrogen-bond donors (Lipinski definition) is 0. The first-order valence-electron chi connectivity index (χ1n) is 17.9. The molecule has 48 heavy (non-hydrogen) atoms. The van der Waals surface area contributed by atoms with Crippen LogP contribution >= 0.6 is 0 Å². The third-order valence-electron chi connectivity index (χ3n) is 10.3.